The first-order valence-electron chi connectivity index (χ1n) is 8.52. The molecule has 138 valence electrons. The monoisotopic (exact) mass is 430 g/mol. The second-order valence-corrected chi connectivity index (χ2v) is 10.9. The molecule has 1 saturated carbocycles. The maximum Gasteiger partial charge on any atom is 0.214 e. The number of sulfonamides is 1. The van der Waals surface area contributed by atoms with Crippen LogP contribution in [0.5, 0.6) is 0 Å². The van der Waals surface area contributed by atoms with Crippen molar-refractivity contribution in [3.05, 3.63) is 34.2 Å². The van der Waals surface area contributed by atoms with E-state index in [1.165, 1.54) is 6.07 Å². The van der Waals surface area contributed by atoms with E-state index >= 15 is 0 Å². The van der Waals surface area contributed by atoms with Gasteiger partial charge in [0, 0.05) is 30.2 Å². The number of nitrogens with one attached hydrogen (secondary N) is 1. The van der Waals surface area contributed by atoms with Gasteiger partial charge in [0.05, 0.1) is 9.72 Å². The van der Waals surface area contributed by atoms with Gasteiger partial charge in [-0.3, -0.25) is 0 Å². The summed E-state index contributed by atoms with van der Waals surface area (Å²) in [6.07, 6.45) is 4.06. The minimum Gasteiger partial charge on any atom is -0.347 e. The number of fused-ring (bicyclic) bond motifs is 1. The highest BCUT2D eigenvalue weighted by Crippen LogP contribution is 2.31. The summed E-state index contributed by atoms with van der Waals surface area (Å²) >= 11 is 3.26. The zero-order valence-corrected chi connectivity index (χ0v) is 17.2. The smallest absolute Gasteiger partial charge is 0.214 e. The Morgan fingerprint density at radius 3 is 2.60 bits per heavy atom. The fraction of sp³-hybridized carbons (Fsp3) is 0.556. The van der Waals surface area contributed by atoms with Crippen LogP contribution >= 0.6 is 15.9 Å². The van der Waals surface area contributed by atoms with E-state index in [2.05, 4.69) is 46.0 Å². The molecule has 0 spiro atoms. The molecule has 25 heavy (non-hydrogen) atoms. The third-order valence-corrected chi connectivity index (χ3v) is 6.87. The van der Waals surface area contributed by atoms with Gasteiger partial charge in [0.15, 0.2) is 0 Å². The second kappa shape index (κ2) is 6.67. The number of halogens is 2. The molecule has 0 unspecified atom stereocenters. The van der Waals surface area contributed by atoms with Crippen LogP contribution in [-0.4, -0.2) is 24.8 Å². The Balaban J connectivity index is 1.87. The highest BCUT2D eigenvalue weighted by Gasteiger charge is 2.35. The summed E-state index contributed by atoms with van der Waals surface area (Å²) in [5.74, 6) is -0.305. The van der Waals surface area contributed by atoms with Crippen molar-refractivity contribution in [3.63, 3.8) is 0 Å². The Kier molecular flexibility index (Phi) is 5.03. The van der Waals surface area contributed by atoms with E-state index in [0.29, 0.717) is 17.4 Å². The maximum atomic E-state index is 14.0. The van der Waals surface area contributed by atoms with Gasteiger partial charge in [-0.25, -0.2) is 17.5 Å². The number of hydrogen-bond acceptors (Lipinski definition) is 2. The minimum atomic E-state index is -3.19. The van der Waals surface area contributed by atoms with Crippen molar-refractivity contribution in [2.45, 2.75) is 51.8 Å². The maximum absolute atomic E-state index is 14.0. The number of rotatable bonds is 6. The van der Waals surface area contributed by atoms with Gasteiger partial charge in [0.2, 0.25) is 10.0 Å². The molecule has 0 atom stereocenters. The van der Waals surface area contributed by atoms with Crippen molar-refractivity contribution >= 4 is 36.9 Å². The zero-order valence-electron chi connectivity index (χ0n) is 14.8. The normalized spacial score (nSPS) is 15.9. The van der Waals surface area contributed by atoms with E-state index in [1.807, 2.05) is 6.20 Å². The van der Waals surface area contributed by atoms with Crippen LogP contribution < -0.4 is 4.72 Å². The fourth-order valence-corrected chi connectivity index (χ4v) is 4.73. The van der Waals surface area contributed by atoms with Crippen LogP contribution in [0.3, 0.4) is 0 Å². The third-order valence-electron chi connectivity index (χ3n) is 4.31. The minimum absolute atomic E-state index is 0.0810. The lowest BCUT2D eigenvalue weighted by Gasteiger charge is -2.20. The van der Waals surface area contributed by atoms with Gasteiger partial charge in [0.25, 0.3) is 0 Å². The van der Waals surface area contributed by atoms with Crippen LogP contribution in [0.2, 0.25) is 0 Å². The zero-order chi connectivity index (χ0) is 18.4. The van der Waals surface area contributed by atoms with Crippen molar-refractivity contribution in [3.8, 4) is 0 Å². The van der Waals surface area contributed by atoms with Crippen LogP contribution in [0.25, 0.3) is 10.9 Å². The van der Waals surface area contributed by atoms with Crippen LogP contribution in [0.1, 0.15) is 39.2 Å². The van der Waals surface area contributed by atoms with Crippen molar-refractivity contribution in [1.82, 2.24) is 9.29 Å². The summed E-state index contributed by atoms with van der Waals surface area (Å²) in [6.45, 7) is 7.60. The van der Waals surface area contributed by atoms with E-state index < -0.39 is 10.0 Å². The van der Waals surface area contributed by atoms with E-state index in [4.69, 9.17) is 0 Å². The molecule has 1 heterocycles. The Hall–Kier alpha value is -0.920. The summed E-state index contributed by atoms with van der Waals surface area (Å²) in [5, 5.41) is 0.624. The summed E-state index contributed by atoms with van der Waals surface area (Å²) < 4.78 is 43.2. The lowest BCUT2D eigenvalue weighted by Crippen LogP contribution is -2.29. The van der Waals surface area contributed by atoms with Gasteiger partial charge < -0.3 is 4.57 Å². The predicted octanol–water partition coefficient (Wildman–Crippen LogP) is 4.21. The van der Waals surface area contributed by atoms with Gasteiger partial charge in [-0.2, -0.15) is 0 Å². The molecule has 1 aromatic carbocycles. The Morgan fingerprint density at radius 2 is 2.00 bits per heavy atom. The molecule has 1 aromatic heterocycles. The number of hydrogen-bond donors (Lipinski definition) is 1. The molecule has 0 bridgehead atoms. The van der Waals surface area contributed by atoms with Crippen molar-refractivity contribution < 1.29 is 12.8 Å². The topological polar surface area (TPSA) is 51.1 Å². The SMILES string of the molecule is CC(C)(C)Cn1cc(CCNS(=O)(=O)C2CC2)c2cc(F)c(Br)cc21. The van der Waals surface area contributed by atoms with Gasteiger partial charge in [-0.05, 0) is 58.3 Å². The van der Waals surface area contributed by atoms with Crippen LogP contribution in [0.4, 0.5) is 4.39 Å². The highest BCUT2D eigenvalue weighted by atomic mass is 79.9. The van der Waals surface area contributed by atoms with Gasteiger partial charge >= 0.3 is 0 Å². The first-order valence-corrected chi connectivity index (χ1v) is 10.9. The largest absolute Gasteiger partial charge is 0.347 e. The van der Waals surface area contributed by atoms with Gasteiger partial charge in [0.1, 0.15) is 5.82 Å². The molecule has 1 aliphatic rings. The Morgan fingerprint density at radius 1 is 1.32 bits per heavy atom. The molecule has 2 aromatic rings. The van der Waals surface area contributed by atoms with E-state index in [0.717, 1.165) is 35.9 Å². The predicted molar refractivity (Wildman–Crippen MR) is 103 cm³/mol. The lowest BCUT2D eigenvalue weighted by atomic mass is 9.97. The van der Waals surface area contributed by atoms with Crippen LogP contribution in [0, 0.1) is 11.2 Å². The summed E-state index contributed by atoms with van der Waals surface area (Å²) in [7, 11) is -3.19. The molecule has 0 radical (unpaired) electrons. The molecule has 1 N–H and O–H groups in total. The van der Waals surface area contributed by atoms with Crippen molar-refractivity contribution in [1.29, 1.82) is 0 Å². The molecule has 1 fully saturated rings. The number of aromatic nitrogens is 1. The van der Waals surface area contributed by atoms with Crippen LogP contribution in [-0.2, 0) is 23.0 Å². The standard InChI is InChI=1S/C18H24BrFN2O2S/c1-18(2,3)11-22-10-12(6-7-21-25(23,24)13-4-5-13)14-8-16(20)15(19)9-17(14)22/h8-10,13,21H,4-7,11H2,1-3H3. The molecule has 4 nitrogen and oxygen atoms in total. The lowest BCUT2D eigenvalue weighted by molar-refractivity contribution is 0.349. The van der Waals surface area contributed by atoms with E-state index in [9.17, 15) is 12.8 Å². The van der Waals surface area contributed by atoms with Gasteiger partial charge in [-0.15, -0.1) is 0 Å². The summed E-state index contributed by atoms with van der Waals surface area (Å²) in [5.41, 5.74) is 2.00. The molecule has 0 amide bonds. The second-order valence-electron chi connectivity index (χ2n) is 8.02. The van der Waals surface area contributed by atoms with E-state index in [-0.39, 0.29) is 16.5 Å². The fourth-order valence-electron chi connectivity index (χ4n) is 3.02. The molecule has 0 aliphatic heterocycles. The summed E-state index contributed by atoms with van der Waals surface area (Å²) in [4.78, 5) is 0. The quantitative estimate of drug-likeness (QED) is 0.745. The number of benzene rings is 1. The van der Waals surface area contributed by atoms with E-state index in [1.54, 1.807) is 6.07 Å². The van der Waals surface area contributed by atoms with Crippen molar-refractivity contribution in [2.75, 3.05) is 6.54 Å². The first-order chi connectivity index (χ1) is 11.6. The Bertz CT molecular complexity index is 896. The molecular weight excluding hydrogens is 407 g/mol. The van der Waals surface area contributed by atoms with Gasteiger partial charge in [-0.1, -0.05) is 20.8 Å². The Labute approximate surface area is 157 Å². The molecule has 3 rings (SSSR count). The van der Waals surface area contributed by atoms with Crippen LogP contribution in [0.15, 0.2) is 22.8 Å². The third kappa shape index (κ3) is 4.44. The first kappa shape index (κ1) is 18.9. The molecule has 1 aliphatic carbocycles. The van der Waals surface area contributed by atoms with Crippen molar-refractivity contribution in [2.24, 2.45) is 5.41 Å². The molecule has 0 saturated heterocycles. The molecular formula is C18H24BrFN2O2S. The molecule has 7 heteroatoms. The average Bonchev–Trinajstić information content (AvgIpc) is 3.27. The summed E-state index contributed by atoms with van der Waals surface area (Å²) in [6, 6.07) is 3.33. The highest BCUT2D eigenvalue weighted by molar-refractivity contribution is 9.10. The average molecular weight is 431 g/mol. The number of nitrogens with zero attached hydrogens (tertiary/aromatic N) is 1.